The molecule has 0 saturated carbocycles. The number of nitrogens with one attached hydrogen (secondary N) is 1. The summed E-state index contributed by atoms with van der Waals surface area (Å²) in [7, 11) is 2.84. The number of carbonyl (C=O) groups excluding carboxylic acids is 3. The third kappa shape index (κ3) is 7.31. The molecule has 10 nitrogen and oxygen atoms in total. The molecule has 2 aromatic carbocycles. The highest BCUT2D eigenvalue weighted by molar-refractivity contribution is 14.1. The highest BCUT2D eigenvalue weighted by atomic mass is 127. The molecule has 1 aliphatic rings. The Kier molecular flexibility index (Phi) is 11.1. The fourth-order valence-corrected chi connectivity index (χ4v) is 4.97. The maximum absolute atomic E-state index is 13.2. The van der Waals surface area contributed by atoms with Crippen LogP contribution in [0.25, 0.3) is 0 Å². The molecule has 0 spiro atoms. The summed E-state index contributed by atoms with van der Waals surface area (Å²) in [6.07, 6.45) is -0.00842. The summed E-state index contributed by atoms with van der Waals surface area (Å²) >= 11 is 2.00. The molecule has 3 rings (SSSR count). The molecular weight excluding hydrogens is 607 g/mol. The van der Waals surface area contributed by atoms with Crippen LogP contribution in [-0.4, -0.2) is 85.4 Å². The Bertz CT molecular complexity index is 1160. The Morgan fingerprint density at radius 3 is 2.58 bits per heavy atom. The molecular formula is C27H31IN2O8. The average molecular weight is 638 g/mol. The molecule has 11 heteroatoms. The zero-order chi connectivity index (χ0) is 27.7. The lowest BCUT2D eigenvalue weighted by molar-refractivity contribution is -0.143. The Balaban J connectivity index is 2.03. The van der Waals surface area contributed by atoms with Crippen LogP contribution in [0.5, 0.6) is 11.5 Å². The number of methoxy groups -OCH3 is 2. The van der Waals surface area contributed by atoms with Crippen molar-refractivity contribution in [3.05, 3.63) is 68.8 Å². The Morgan fingerprint density at radius 2 is 1.95 bits per heavy atom. The largest absolute Gasteiger partial charge is 0.493 e. The van der Waals surface area contributed by atoms with Gasteiger partial charge in [0.2, 0.25) is 11.8 Å². The number of carbonyl (C=O) groups is 3. The number of nitrogens with zero attached hydrogens (tertiary/aromatic N) is 1. The molecule has 0 saturated heterocycles. The van der Waals surface area contributed by atoms with Crippen molar-refractivity contribution in [3.63, 3.8) is 0 Å². The van der Waals surface area contributed by atoms with Crippen molar-refractivity contribution in [2.75, 3.05) is 34.0 Å². The van der Waals surface area contributed by atoms with Crippen LogP contribution in [0.2, 0.25) is 0 Å². The summed E-state index contributed by atoms with van der Waals surface area (Å²) in [6.45, 7) is -0.228. The predicted octanol–water partition coefficient (Wildman–Crippen LogP) is 1.70. The van der Waals surface area contributed by atoms with E-state index >= 15 is 0 Å². The number of aliphatic hydroxyl groups is 2. The van der Waals surface area contributed by atoms with Crippen LogP contribution in [0.3, 0.4) is 0 Å². The van der Waals surface area contributed by atoms with Crippen LogP contribution < -0.4 is 14.8 Å². The number of benzene rings is 2. The first kappa shape index (κ1) is 29.6. The van der Waals surface area contributed by atoms with E-state index in [2.05, 4.69) is 5.32 Å². The van der Waals surface area contributed by atoms with Crippen LogP contribution in [-0.2, 0) is 20.9 Å². The van der Waals surface area contributed by atoms with E-state index in [4.69, 9.17) is 19.3 Å². The fourth-order valence-electron chi connectivity index (χ4n) is 4.21. The van der Waals surface area contributed by atoms with Gasteiger partial charge in [0.25, 0.3) is 0 Å². The lowest BCUT2D eigenvalue weighted by Crippen LogP contribution is -2.55. The van der Waals surface area contributed by atoms with E-state index in [0.717, 1.165) is 5.56 Å². The number of amides is 2. The maximum atomic E-state index is 13.2. The van der Waals surface area contributed by atoms with Crippen molar-refractivity contribution in [2.45, 2.75) is 31.2 Å². The van der Waals surface area contributed by atoms with Gasteiger partial charge in [-0.15, -0.1) is 0 Å². The monoisotopic (exact) mass is 638 g/mol. The van der Waals surface area contributed by atoms with Crippen LogP contribution >= 0.6 is 22.6 Å². The topological polar surface area (TPSA) is 135 Å². The van der Waals surface area contributed by atoms with Crippen molar-refractivity contribution in [1.29, 1.82) is 0 Å². The van der Waals surface area contributed by atoms with Gasteiger partial charge < -0.3 is 34.6 Å². The number of halogens is 1. The van der Waals surface area contributed by atoms with Crippen LogP contribution in [0.1, 0.15) is 22.3 Å². The minimum atomic E-state index is -1.22. The summed E-state index contributed by atoms with van der Waals surface area (Å²) in [4.78, 5) is 38.9. The fraction of sp³-hybridized carbons (Fsp3) is 0.370. The molecule has 0 aromatic heterocycles. The molecule has 0 unspecified atom stereocenters. The second-order valence-electron chi connectivity index (χ2n) is 8.61. The van der Waals surface area contributed by atoms with Gasteiger partial charge in [0.15, 0.2) is 11.5 Å². The molecule has 0 fully saturated rings. The first-order chi connectivity index (χ1) is 18.3. The number of aldehydes is 1. The molecule has 204 valence electrons. The van der Waals surface area contributed by atoms with Gasteiger partial charge in [-0.1, -0.05) is 30.3 Å². The molecule has 0 heterocycles. The molecule has 2 aromatic rings. The van der Waals surface area contributed by atoms with Crippen molar-refractivity contribution in [1.82, 2.24) is 10.2 Å². The van der Waals surface area contributed by atoms with Gasteiger partial charge in [-0.2, -0.15) is 0 Å². The standard InChI is InChI=1S/C27H31IN2O8/c1-36-16-24(33)30(14-17-6-4-3-5-7-17)21-12-19(27(35)29-8-9-31)13-22(25(21)34)38-26-20(28)10-18(15-32)11-23(26)37-2/h3-7,10-11,13,15,21-22,25,31,34H,8-9,12,14,16H2,1-2H3,(H,29,35)/t21-,22+,25+/m1/s1. The molecule has 0 bridgehead atoms. The molecule has 3 N–H and O–H groups in total. The average Bonchev–Trinajstić information content (AvgIpc) is 2.93. The van der Waals surface area contributed by atoms with E-state index in [1.165, 1.54) is 31.3 Å². The summed E-state index contributed by atoms with van der Waals surface area (Å²) in [5.74, 6) is -0.239. The van der Waals surface area contributed by atoms with Crippen LogP contribution in [0, 0.1) is 3.57 Å². The molecule has 38 heavy (non-hydrogen) atoms. The van der Waals surface area contributed by atoms with Gasteiger partial charge in [-0.25, -0.2) is 0 Å². The summed E-state index contributed by atoms with van der Waals surface area (Å²) < 4.78 is 17.3. The molecule has 0 radical (unpaired) electrons. The SMILES string of the molecule is COCC(=O)N(Cc1ccccc1)[C@@H]1CC(C(=O)NCCO)=C[C@H](Oc2c(I)cc(C=O)cc2OC)[C@H]1O. The van der Waals surface area contributed by atoms with E-state index in [0.29, 0.717) is 21.0 Å². The lowest BCUT2D eigenvalue weighted by atomic mass is 9.87. The van der Waals surface area contributed by atoms with E-state index in [-0.39, 0.29) is 50.1 Å². The van der Waals surface area contributed by atoms with Gasteiger partial charge in [-0.3, -0.25) is 14.4 Å². The van der Waals surface area contributed by atoms with E-state index in [9.17, 15) is 19.5 Å². The summed E-state index contributed by atoms with van der Waals surface area (Å²) in [6, 6.07) is 11.6. The quantitative estimate of drug-likeness (QED) is 0.237. The zero-order valence-corrected chi connectivity index (χ0v) is 23.3. The molecule has 0 aliphatic heterocycles. The van der Waals surface area contributed by atoms with Crippen molar-refractivity contribution < 1.29 is 38.8 Å². The van der Waals surface area contributed by atoms with Crippen molar-refractivity contribution >= 4 is 40.7 Å². The number of hydrogen-bond donors (Lipinski definition) is 3. The number of aliphatic hydroxyl groups excluding tert-OH is 2. The zero-order valence-electron chi connectivity index (χ0n) is 21.1. The van der Waals surface area contributed by atoms with Gasteiger partial charge >= 0.3 is 0 Å². The highest BCUT2D eigenvalue weighted by Gasteiger charge is 2.41. The number of hydrogen-bond acceptors (Lipinski definition) is 8. The maximum Gasteiger partial charge on any atom is 0.249 e. The second-order valence-corrected chi connectivity index (χ2v) is 9.77. The normalized spacial score (nSPS) is 18.8. The first-order valence-electron chi connectivity index (χ1n) is 11.9. The van der Waals surface area contributed by atoms with Crippen LogP contribution in [0.4, 0.5) is 0 Å². The van der Waals surface area contributed by atoms with E-state index in [1.54, 1.807) is 6.07 Å². The van der Waals surface area contributed by atoms with Gasteiger partial charge in [-0.05, 0) is 46.4 Å². The summed E-state index contributed by atoms with van der Waals surface area (Å²) in [5.41, 5.74) is 1.52. The first-order valence-corrected chi connectivity index (χ1v) is 13.0. The Labute approximate surface area is 234 Å². The number of ether oxygens (including phenoxy) is 3. The smallest absolute Gasteiger partial charge is 0.249 e. The molecule has 3 atom stereocenters. The van der Waals surface area contributed by atoms with Crippen LogP contribution in [0.15, 0.2) is 54.1 Å². The predicted molar refractivity (Wildman–Crippen MR) is 147 cm³/mol. The number of rotatable bonds is 12. The van der Waals surface area contributed by atoms with Gasteiger partial charge in [0.05, 0.1) is 23.3 Å². The van der Waals surface area contributed by atoms with Gasteiger partial charge in [0, 0.05) is 37.8 Å². The Hall–Kier alpha value is -3.00. The Morgan fingerprint density at radius 1 is 1.21 bits per heavy atom. The summed E-state index contributed by atoms with van der Waals surface area (Å²) in [5, 5.41) is 23.3. The second kappa shape index (κ2) is 14.2. The third-order valence-electron chi connectivity index (χ3n) is 6.04. The molecule has 2 amide bonds. The van der Waals surface area contributed by atoms with Gasteiger partial charge in [0.1, 0.15) is 25.1 Å². The van der Waals surface area contributed by atoms with E-state index < -0.39 is 24.2 Å². The minimum absolute atomic E-state index is 0.0458. The van der Waals surface area contributed by atoms with E-state index in [1.807, 2.05) is 52.9 Å². The molecule has 1 aliphatic carbocycles. The highest BCUT2D eigenvalue weighted by Crippen LogP contribution is 2.37. The minimum Gasteiger partial charge on any atom is -0.493 e. The van der Waals surface area contributed by atoms with Crippen molar-refractivity contribution in [3.8, 4) is 11.5 Å². The third-order valence-corrected chi connectivity index (χ3v) is 6.84. The lowest BCUT2D eigenvalue weighted by Gasteiger charge is -2.40. The van der Waals surface area contributed by atoms with Crippen molar-refractivity contribution in [2.24, 2.45) is 0 Å².